The lowest BCUT2D eigenvalue weighted by atomic mass is 9.53. The Hall–Kier alpha value is -0.260. The van der Waals surface area contributed by atoms with Crippen molar-refractivity contribution in [3.05, 3.63) is 11.1 Å². The zero-order valence-electron chi connectivity index (χ0n) is 9.22. The lowest BCUT2D eigenvalue weighted by Crippen LogP contribution is -2.44. The van der Waals surface area contributed by atoms with E-state index in [0.717, 1.165) is 29.1 Å². The maximum atomic E-state index is 2.53. The van der Waals surface area contributed by atoms with Crippen molar-refractivity contribution in [2.45, 2.75) is 40.5 Å². The first kappa shape index (κ1) is 8.08. The summed E-state index contributed by atoms with van der Waals surface area (Å²) in [6.45, 7) is 9.75. The van der Waals surface area contributed by atoms with Crippen LogP contribution in [0.1, 0.15) is 40.5 Å². The molecule has 3 aliphatic carbocycles. The normalized spacial score (nSPS) is 58.2. The standard InChI is InChI=1S/C13H20/c1-7-5-10-8(2)9(3)11-6-13(11,4)12(7)10/h7,10-12H,5-6H2,1-4H3. The topological polar surface area (TPSA) is 0 Å². The van der Waals surface area contributed by atoms with Crippen molar-refractivity contribution in [3.8, 4) is 0 Å². The third-order valence-corrected chi connectivity index (χ3v) is 5.41. The van der Waals surface area contributed by atoms with E-state index in [0.29, 0.717) is 0 Å². The Bertz CT molecular complexity index is 299. The van der Waals surface area contributed by atoms with Crippen molar-refractivity contribution in [1.29, 1.82) is 0 Å². The van der Waals surface area contributed by atoms with Crippen molar-refractivity contribution >= 4 is 0 Å². The molecule has 13 heavy (non-hydrogen) atoms. The molecule has 0 bridgehead atoms. The molecule has 0 heteroatoms. The first-order valence-corrected chi connectivity index (χ1v) is 5.73. The fourth-order valence-electron chi connectivity index (χ4n) is 4.41. The van der Waals surface area contributed by atoms with Gasteiger partial charge in [-0.25, -0.2) is 0 Å². The van der Waals surface area contributed by atoms with E-state index in [1.165, 1.54) is 12.8 Å². The van der Waals surface area contributed by atoms with Crippen LogP contribution < -0.4 is 0 Å². The second-order valence-electron chi connectivity index (χ2n) is 5.97. The van der Waals surface area contributed by atoms with Crippen LogP contribution in [-0.2, 0) is 0 Å². The Kier molecular flexibility index (Phi) is 1.27. The molecule has 0 aromatic carbocycles. The van der Waals surface area contributed by atoms with Gasteiger partial charge >= 0.3 is 0 Å². The van der Waals surface area contributed by atoms with E-state index in [4.69, 9.17) is 0 Å². The van der Waals surface area contributed by atoms with Gasteiger partial charge in [0, 0.05) is 0 Å². The molecule has 0 radical (unpaired) electrons. The van der Waals surface area contributed by atoms with Crippen LogP contribution in [0.3, 0.4) is 0 Å². The first-order chi connectivity index (χ1) is 6.05. The molecule has 0 nitrogen and oxygen atoms in total. The minimum absolute atomic E-state index is 0.728. The van der Waals surface area contributed by atoms with E-state index in [9.17, 15) is 0 Å². The highest BCUT2D eigenvalue weighted by molar-refractivity contribution is 5.35. The fraction of sp³-hybridized carbons (Fsp3) is 0.846. The van der Waals surface area contributed by atoms with Gasteiger partial charge in [0.2, 0.25) is 0 Å². The van der Waals surface area contributed by atoms with E-state index in [1.807, 2.05) is 0 Å². The lowest BCUT2D eigenvalue weighted by molar-refractivity contribution is 0.0323. The second-order valence-corrected chi connectivity index (χ2v) is 5.97. The van der Waals surface area contributed by atoms with Gasteiger partial charge in [-0.3, -0.25) is 0 Å². The van der Waals surface area contributed by atoms with Crippen molar-refractivity contribution in [1.82, 2.24) is 0 Å². The largest absolute Gasteiger partial charge is 0.0707 e. The van der Waals surface area contributed by atoms with Gasteiger partial charge in [-0.05, 0) is 55.8 Å². The van der Waals surface area contributed by atoms with Crippen molar-refractivity contribution in [3.63, 3.8) is 0 Å². The molecule has 2 saturated carbocycles. The van der Waals surface area contributed by atoms with E-state index in [2.05, 4.69) is 27.7 Å². The van der Waals surface area contributed by atoms with Gasteiger partial charge in [0.1, 0.15) is 0 Å². The minimum atomic E-state index is 0.728. The minimum Gasteiger partial charge on any atom is -0.0707 e. The molecule has 2 fully saturated rings. The van der Waals surface area contributed by atoms with Crippen LogP contribution in [0.15, 0.2) is 11.1 Å². The molecule has 0 heterocycles. The second kappa shape index (κ2) is 2.04. The number of rotatable bonds is 0. The molecular formula is C13H20. The summed E-state index contributed by atoms with van der Waals surface area (Å²) in [5, 5.41) is 0. The number of fused-ring (bicyclic) bond motifs is 3. The Morgan fingerprint density at radius 2 is 1.92 bits per heavy atom. The highest BCUT2D eigenvalue weighted by atomic mass is 14.7. The Morgan fingerprint density at radius 1 is 1.23 bits per heavy atom. The van der Waals surface area contributed by atoms with Crippen LogP contribution in [-0.4, -0.2) is 0 Å². The molecule has 0 spiro atoms. The van der Waals surface area contributed by atoms with Crippen molar-refractivity contribution in [2.24, 2.45) is 29.1 Å². The van der Waals surface area contributed by atoms with Gasteiger partial charge in [0.15, 0.2) is 0 Å². The van der Waals surface area contributed by atoms with Gasteiger partial charge in [0.25, 0.3) is 0 Å². The maximum absolute atomic E-state index is 2.53. The predicted molar refractivity (Wildman–Crippen MR) is 55.3 cm³/mol. The average Bonchev–Trinajstić information content (AvgIpc) is 2.69. The van der Waals surface area contributed by atoms with Crippen LogP contribution in [0.2, 0.25) is 0 Å². The molecule has 0 N–H and O–H groups in total. The summed E-state index contributed by atoms with van der Waals surface area (Å²) in [6.07, 6.45) is 2.96. The molecule has 72 valence electrons. The van der Waals surface area contributed by atoms with Crippen LogP contribution in [0, 0.1) is 29.1 Å². The molecule has 0 aromatic heterocycles. The van der Waals surface area contributed by atoms with Crippen molar-refractivity contribution < 1.29 is 0 Å². The number of allylic oxidation sites excluding steroid dienone is 2. The van der Waals surface area contributed by atoms with E-state index >= 15 is 0 Å². The third-order valence-electron chi connectivity index (χ3n) is 5.41. The summed E-state index contributed by atoms with van der Waals surface area (Å²) >= 11 is 0. The summed E-state index contributed by atoms with van der Waals surface area (Å²) in [5.41, 5.74) is 4.23. The van der Waals surface area contributed by atoms with Gasteiger partial charge in [-0.1, -0.05) is 25.0 Å². The van der Waals surface area contributed by atoms with Gasteiger partial charge in [-0.2, -0.15) is 0 Å². The Morgan fingerprint density at radius 3 is 2.54 bits per heavy atom. The number of hydrogen-bond acceptors (Lipinski definition) is 0. The Labute approximate surface area is 81.4 Å². The van der Waals surface area contributed by atoms with Gasteiger partial charge < -0.3 is 0 Å². The maximum Gasteiger partial charge on any atom is -0.0141 e. The fourth-order valence-corrected chi connectivity index (χ4v) is 4.41. The van der Waals surface area contributed by atoms with Crippen molar-refractivity contribution in [2.75, 3.05) is 0 Å². The molecule has 5 atom stereocenters. The highest BCUT2D eigenvalue weighted by Crippen LogP contribution is 2.72. The quantitative estimate of drug-likeness (QED) is 0.494. The summed E-state index contributed by atoms with van der Waals surface area (Å²) in [7, 11) is 0. The summed E-state index contributed by atoms with van der Waals surface area (Å²) in [4.78, 5) is 0. The molecule has 0 saturated heterocycles. The van der Waals surface area contributed by atoms with Gasteiger partial charge in [-0.15, -0.1) is 0 Å². The molecule has 0 amide bonds. The van der Waals surface area contributed by atoms with E-state index in [-0.39, 0.29) is 0 Å². The summed E-state index contributed by atoms with van der Waals surface area (Å²) in [5.74, 6) is 3.99. The molecular weight excluding hydrogens is 156 g/mol. The molecule has 3 aliphatic rings. The molecule has 5 unspecified atom stereocenters. The Balaban J connectivity index is 2.04. The van der Waals surface area contributed by atoms with Crippen LogP contribution >= 0.6 is 0 Å². The molecule has 0 aromatic rings. The monoisotopic (exact) mass is 176 g/mol. The van der Waals surface area contributed by atoms with E-state index < -0.39 is 0 Å². The summed E-state index contributed by atoms with van der Waals surface area (Å²) < 4.78 is 0. The highest BCUT2D eigenvalue weighted by Gasteiger charge is 2.65. The van der Waals surface area contributed by atoms with Gasteiger partial charge in [0.05, 0.1) is 0 Å². The molecule has 3 rings (SSSR count). The predicted octanol–water partition coefficient (Wildman–Crippen LogP) is 3.63. The van der Waals surface area contributed by atoms with Crippen LogP contribution in [0.5, 0.6) is 0 Å². The lowest BCUT2D eigenvalue weighted by Gasteiger charge is -2.51. The first-order valence-electron chi connectivity index (χ1n) is 5.73. The van der Waals surface area contributed by atoms with E-state index in [1.54, 1.807) is 11.1 Å². The SMILES string of the molecule is CC1=C(C)C2CC2(C)C2C(C)CC12. The van der Waals surface area contributed by atoms with Crippen LogP contribution in [0.4, 0.5) is 0 Å². The molecule has 0 aliphatic heterocycles. The third kappa shape index (κ3) is 0.742. The van der Waals surface area contributed by atoms with Crippen LogP contribution in [0.25, 0.3) is 0 Å². The smallest absolute Gasteiger partial charge is 0.0141 e. The zero-order valence-corrected chi connectivity index (χ0v) is 9.22. The zero-order chi connectivity index (χ0) is 9.38. The summed E-state index contributed by atoms with van der Waals surface area (Å²) in [6, 6.07) is 0. The average molecular weight is 176 g/mol. The number of hydrogen-bond donors (Lipinski definition) is 0.